The lowest BCUT2D eigenvalue weighted by molar-refractivity contribution is -0.142. The molecular weight excluding hydrogens is 334 g/mol. The van der Waals surface area contributed by atoms with E-state index in [2.05, 4.69) is 15.2 Å². The van der Waals surface area contributed by atoms with Gasteiger partial charge in [0.2, 0.25) is 0 Å². The number of methoxy groups -OCH3 is 1. The summed E-state index contributed by atoms with van der Waals surface area (Å²) < 4.78 is 7.22. The number of anilines is 1. The molecule has 2 amide bonds. The monoisotopic (exact) mass is 359 g/mol. The molecule has 0 saturated heterocycles. The Kier molecular flexibility index (Phi) is 5.78. The third kappa shape index (κ3) is 4.35. The second-order valence-corrected chi connectivity index (χ2v) is 6.76. The first-order valence-electron chi connectivity index (χ1n) is 8.95. The average Bonchev–Trinajstić information content (AvgIpc) is 3.02. The first kappa shape index (κ1) is 18.3. The topological polar surface area (TPSA) is 92.6 Å². The number of nitrogens with zero attached hydrogens (tertiary/aromatic N) is 1. The van der Waals surface area contributed by atoms with Crippen LogP contribution in [0.3, 0.4) is 0 Å². The minimum absolute atomic E-state index is 0.0277. The van der Waals surface area contributed by atoms with Crippen LogP contribution in [0.2, 0.25) is 0 Å². The van der Waals surface area contributed by atoms with Gasteiger partial charge in [0.1, 0.15) is 0 Å². The van der Waals surface area contributed by atoms with Crippen LogP contribution in [0.1, 0.15) is 25.7 Å². The molecule has 1 aliphatic carbocycles. The summed E-state index contributed by atoms with van der Waals surface area (Å²) in [6.07, 6.45) is 4.62. The molecule has 0 unspecified atom stereocenters. The van der Waals surface area contributed by atoms with Gasteiger partial charge in [-0.1, -0.05) is 6.07 Å². The minimum atomic E-state index is -0.738. The van der Waals surface area contributed by atoms with Crippen molar-refractivity contribution in [3.8, 4) is 0 Å². The van der Waals surface area contributed by atoms with Crippen LogP contribution in [0.25, 0.3) is 10.9 Å². The predicted molar refractivity (Wildman–Crippen MR) is 99.4 cm³/mol. The fourth-order valence-corrected chi connectivity index (χ4v) is 3.48. The van der Waals surface area contributed by atoms with Crippen molar-refractivity contribution in [1.29, 1.82) is 0 Å². The fourth-order valence-electron chi connectivity index (χ4n) is 3.48. The Hall–Kier alpha value is -2.54. The zero-order valence-corrected chi connectivity index (χ0v) is 14.9. The molecule has 3 N–H and O–H groups in total. The molecule has 26 heavy (non-hydrogen) atoms. The number of benzene rings is 1. The van der Waals surface area contributed by atoms with Crippen LogP contribution in [0, 0.1) is 5.92 Å². The number of rotatable bonds is 6. The van der Waals surface area contributed by atoms with E-state index in [0.717, 1.165) is 23.1 Å². The molecule has 7 heteroatoms. The van der Waals surface area contributed by atoms with Gasteiger partial charge in [0.15, 0.2) is 0 Å². The number of carbonyl (C=O) groups excluding carboxylic acids is 1. The summed E-state index contributed by atoms with van der Waals surface area (Å²) >= 11 is 0. The summed E-state index contributed by atoms with van der Waals surface area (Å²) in [6.45, 7) is 1.38. The van der Waals surface area contributed by atoms with Gasteiger partial charge in [-0.15, -0.1) is 0 Å². The molecule has 1 heterocycles. The largest absolute Gasteiger partial charge is 0.481 e. The van der Waals surface area contributed by atoms with Crippen molar-refractivity contribution in [1.82, 2.24) is 9.88 Å². The lowest BCUT2D eigenvalue weighted by Crippen LogP contribution is -2.40. The first-order valence-corrected chi connectivity index (χ1v) is 8.95. The third-order valence-corrected chi connectivity index (χ3v) is 4.98. The zero-order chi connectivity index (χ0) is 18.5. The van der Waals surface area contributed by atoms with E-state index >= 15 is 0 Å². The lowest BCUT2D eigenvalue weighted by Gasteiger charge is -2.26. The molecule has 0 aliphatic heterocycles. The van der Waals surface area contributed by atoms with E-state index in [1.54, 1.807) is 7.11 Å². The van der Waals surface area contributed by atoms with Crippen molar-refractivity contribution in [3.05, 3.63) is 30.5 Å². The third-order valence-electron chi connectivity index (χ3n) is 4.98. The van der Waals surface area contributed by atoms with Crippen LogP contribution >= 0.6 is 0 Å². The van der Waals surface area contributed by atoms with Crippen molar-refractivity contribution in [3.63, 3.8) is 0 Å². The van der Waals surface area contributed by atoms with Gasteiger partial charge in [-0.2, -0.15) is 0 Å². The Labute approximate surface area is 152 Å². The molecule has 1 aliphatic rings. The molecule has 1 aromatic carbocycles. The SMILES string of the molecule is COCCn1ccc2ccc(NC(=O)NC3CCC(C(=O)O)CC3)cc21. The number of carbonyl (C=O) groups is 2. The maximum Gasteiger partial charge on any atom is 0.319 e. The van der Waals surface area contributed by atoms with Crippen molar-refractivity contribution >= 4 is 28.6 Å². The van der Waals surface area contributed by atoms with Crippen molar-refractivity contribution in [2.75, 3.05) is 19.0 Å². The standard InChI is InChI=1S/C19H25N3O4/c1-26-11-10-22-9-8-13-2-7-16(12-17(13)22)21-19(25)20-15-5-3-14(4-6-15)18(23)24/h2,7-9,12,14-15H,3-6,10-11H2,1H3,(H,23,24)(H2,20,21,25). The summed E-state index contributed by atoms with van der Waals surface area (Å²) in [6, 6.07) is 7.62. The molecule has 2 aromatic rings. The smallest absolute Gasteiger partial charge is 0.319 e. The van der Waals surface area contributed by atoms with Crippen molar-refractivity contribution in [2.45, 2.75) is 38.3 Å². The van der Waals surface area contributed by atoms with Gasteiger partial charge >= 0.3 is 12.0 Å². The van der Waals surface area contributed by atoms with E-state index in [0.29, 0.717) is 32.3 Å². The van der Waals surface area contributed by atoms with Crippen LogP contribution in [0.15, 0.2) is 30.5 Å². The molecule has 3 rings (SSSR count). The molecule has 1 aromatic heterocycles. The van der Waals surface area contributed by atoms with Crippen LogP contribution in [-0.4, -0.2) is 41.4 Å². The van der Waals surface area contributed by atoms with Crippen molar-refractivity contribution < 1.29 is 19.4 Å². The summed E-state index contributed by atoms with van der Waals surface area (Å²) in [5, 5.41) is 16.0. The highest BCUT2D eigenvalue weighted by Gasteiger charge is 2.26. The molecule has 0 radical (unpaired) electrons. The number of carboxylic acid groups (broad SMARTS) is 1. The van der Waals surface area contributed by atoms with Gasteiger partial charge in [0.05, 0.1) is 18.0 Å². The number of ether oxygens (including phenoxy) is 1. The Morgan fingerprint density at radius 1 is 1.23 bits per heavy atom. The maximum absolute atomic E-state index is 12.3. The number of nitrogens with one attached hydrogen (secondary N) is 2. The molecule has 0 bridgehead atoms. The van der Waals surface area contributed by atoms with E-state index in [9.17, 15) is 9.59 Å². The number of amides is 2. The molecule has 0 atom stereocenters. The molecule has 1 saturated carbocycles. The number of carboxylic acids is 1. The Morgan fingerprint density at radius 3 is 2.69 bits per heavy atom. The summed E-state index contributed by atoms with van der Waals surface area (Å²) in [4.78, 5) is 23.3. The highest BCUT2D eigenvalue weighted by Crippen LogP contribution is 2.25. The van der Waals surface area contributed by atoms with Gasteiger partial charge in [0, 0.05) is 31.6 Å². The number of hydrogen-bond donors (Lipinski definition) is 3. The number of fused-ring (bicyclic) bond motifs is 1. The normalized spacial score (nSPS) is 20.0. The number of hydrogen-bond acceptors (Lipinski definition) is 3. The zero-order valence-electron chi connectivity index (χ0n) is 14.9. The van der Waals surface area contributed by atoms with Crippen LogP contribution < -0.4 is 10.6 Å². The minimum Gasteiger partial charge on any atom is -0.481 e. The van der Waals surface area contributed by atoms with E-state index < -0.39 is 5.97 Å². The van der Waals surface area contributed by atoms with Gasteiger partial charge in [-0.05, 0) is 49.3 Å². The molecule has 0 spiro atoms. The lowest BCUT2D eigenvalue weighted by atomic mass is 9.86. The summed E-state index contributed by atoms with van der Waals surface area (Å²) in [5.41, 5.74) is 1.77. The Bertz CT molecular complexity index is 778. The number of urea groups is 1. The van der Waals surface area contributed by atoms with E-state index in [1.807, 2.05) is 30.5 Å². The average molecular weight is 359 g/mol. The molecule has 140 valence electrons. The maximum atomic E-state index is 12.3. The summed E-state index contributed by atoms with van der Waals surface area (Å²) in [7, 11) is 1.67. The van der Waals surface area contributed by atoms with Crippen LogP contribution in [0.4, 0.5) is 10.5 Å². The van der Waals surface area contributed by atoms with E-state index in [1.165, 1.54) is 0 Å². The molecule has 7 nitrogen and oxygen atoms in total. The fraction of sp³-hybridized carbons (Fsp3) is 0.474. The highest BCUT2D eigenvalue weighted by molar-refractivity contribution is 5.93. The Morgan fingerprint density at radius 2 is 2.00 bits per heavy atom. The number of aromatic nitrogens is 1. The highest BCUT2D eigenvalue weighted by atomic mass is 16.5. The van der Waals surface area contributed by atoms with Crippen LogP contribution in [0.5, 0.6) is 0 Å². The Balaban J connectivity index is 1.58. The van der Waals surface area contributed by atoms with Gasteiger partial charge in [-0.3, -0.25) is 4.79 Å². The second kappa shape index (κ2) is 8.23. The van der Waals surface area contributed by atoms with Gasteiger partial charge in [0.25, 0.3) is 0 Å². The van der Waals surface area contributed by atoms with E-state index in [-0.39, 0.29) is 18.0 Å². The quantitative estimate of drug-likeness (QED) is 0.739. The number of aliphatic carboxylic acids is 1. The predicted octanol–water partition coefficient (Wildman–Crippen LogP) is 3.05. The first-order chi connectivity index (χ1) is 12.6. The van der Waals surface area contributed by atoms with Crippen molar-refractivity contribution in [2.24, 2.45) is 5.92 Å². The second-order valence-electron chi connectivity index (χ2n) is 6.76. The van der Waals surface area contributed by atoms with Gasteiger partial charge in [-0.25, -0.2) is 4.79 Å². The van der Waals surface area contributed by atoms with E-state index in [4.69, 9.17) is 9.84 Å². The van der Waals surface area contributed by atoms with Gasteiger partial charge < -0.3 is 25.0 Å². The molecule has 1 fully saturated rings. The summed E-state index contributed by atoms with van der Waals surface area (Å²) in [5.74, 6) is -1.02. The van der Waals surface area contributed by atoms with Crippen LogP contribution in [-0.2, 0) is 16.1 Å². The molecular formula is C19H25N3O4.